The Labute approximate surface area is 157 Å². The van der Waals surface area contributed by atoms with E-state index in [4.69, 9.17) is 0 Å². The van der Waals surface area contributed by atoms with E-state index >= 15 is 0 Å². The fraction of sp³-hybridized carbons (Fsp3) is 0.333. The lowest BCUT2D eigenvalue weighted by atomic mass is 10.1. The molecule has 1 aliphatic rings. The minimum Gasteiger partial charge on any atom is -0.369 e. The molecule has 0 amide bonds. The number of nitro groups is 1. The van der Waals surface area contributed by atoms with Crippen LogP contribution in [0.5, 0.6) is 0 Å². The van der Waals surface area contributed by atoms with Gasteiger partial charge in [0.1, 0.15) is 5.82 Å². The molecule has 0 aromatic heterocycles. The van der Waals surface area contributed by atoms with Crippen molar-refractivity contribution in [1.29, 1.82) is 0 Å². The van der Waals surface area contributed by atoms with Gasteiger partial charge in [0, 0.05) is 44.0 Å². The third-order valence-corrected chi connectivity index (χ3v) is 6.89. The molecule has 9 heteroatoms. The van der Waals surface area contributed by atoms with Crippen LogP contribution < -0.4 is 4.90 Å². The van der Waals surface area contributed by atoms with E-state index in [0.29, 0.717) is 24.2 Å². The zero-order valence-corrected chi connectivity index (χ0v) is 15.9. The summed E-state index contributed by atoms with van der Waals surface area (Å²) < 4.78 is 40.5. The van der Waals surface area contributed by atoms with Crippen molar-refractivity contribution in [1.82, 2.24) is 4.31 Å². The van der Waals surface area contributed by atoms with Crippen molar-refractivity contribution < 1.29 is 17.7 Å². The number of non-ortho nitro benzene ring substituents is 1. The molecule has 0 N–H and O–H groups in total. The summed E-state index contributed by atoms with van der Waals surface area (Å²) in [5.41, 5.74) is 1.67. The Morgan fingerprint density at radius 3 is 2.19 bits per heavy atom. The van der Waals surface area contributed by atoms with Gasteiger partial charge in [0.15, 0.2) is 0 Å². The molecule has 1 fully saturated rings. The van der Waals surface area contributed by atoms with Crippen LogP contribution in [0.15, 0.2) is 41.3 Å². The standard InChI is InChI=1S/C18H20FN3O4S/c1-13-11-17(22(23)24)12-18(14(13)2)27(25,26)21-9-7-20(8-10-21)16-5-3-15(19)4-6-16/h3-6,11-12H,7-10H2,1-2H3. The van der Waals surface area contributed by atoms with E-state index in [9.17, 15) is 22.9 Å². The predicted molar refractivity (Wildman–Crippen MR) is 99.9 cm³/mol. The minimum absolute atomic E-state index is 0.0237. The summed E-state index contributed by atoms with van der Waals surface area (Å²) in [4.78, 5) is 12.5. The maximum atomic E-state index is 13.1. The number of rotatable bonds is 4. The molecule has 1 saturated heterocycles. The van der Waals surface area contributed by atoms with Gasteiger partial charge in [-0.2, -0.15) is 4.31 Å². The van der Waals surface area contributed by atoms with E-state index in [2.05, 4.69) is 0 Å². The lowest BCUT2D eigenvalue weighted by Crippen LogP contribution is -2.48. The van der Waals surface area contributed by atoms with E-state index in [1.165, 1.54) is 22.5 Å². The Morgan fingerprint density at radius 1 is 1.04 bits per heavy atom. The number of aryl methyl sites for hydroxylation is 1. The molecule has 144 valence electrons. The number of benzene rings is 2. The van der Waals surface area contributed by atoms with Crippen LogP contribution in [0.2, 0.25) is 0 Å². The van der Waals surface area contributed by atoms with E-state index in [-0.39, 0.29) is 29.5 Å². The third kappa shape index (κ3) is 3.79. The van der Waals surface area contributed by atoms with Crippen molar-refractivity contribution in [3.05, 3.63) is 63.5 Å². The summed E-state index contributed by atoms with van der Waals surface area (Å²) in [6, 6.07) is 8.56. The van der Waals surface area contributed by atoms with Gasteiger partial charge in [0.05, 0.1) is 9.82 Å². The van der Waals surface area contributed by atoms with Crippen LogP contribution in [-0.4, -0.2) is 43.8 Å². The average molecular weight is 393 g/mol. The van der Waals surface area contributed by atoms with Crippen LogP contribution >= 0.6 is 0 Å². The van der Waals surface area contributed by atoms with Crippen LogP contribution in [0.4, 0.5) is 15.8 Å². The summed E-state index contributed by atoms with van der Waals surface area (Å²) in [6.07, 6.45) is 0. The summed E-state index contributed by atoms with van der Waals surface area (Å²) in [7, 11) is -3.84. The molecule has 1 heterocycles. The Bertz CT molecular complexity index is 969. The molecule has 27 heavy (non-hydrogen) atoms. The molecule has 3 rings (SSSR count). The monoisotopic (exact) mass is 393 g/mol. The highest BCUT2D eigenvalue weighted by atomic mass is 32.2. The fourth-order valence-electron chi connectivity index (χ4n) is 3.16. The third-order valence-electron chi connectivity index (χ3n) is 4.86. The van der Waals surface area contributed by atoms with Crippen LogP contribution in [0.25, 0.3) is 0 Å². The number of halogens is 1. The zero-order chi connectivity index (χ0) is 19.8. The minimum atomic E-state index is -3.84. The molecule has 0 spiro atoms. The van der Waals surface area contributed by atoms with Gasteiger partial charge in [-0.25, -0.2) is 12.8 Å². The highest BCUT2D eigenvalue weighted by molar-refractivity contribution is 7.89. The zero-order valence-electron chi connectivity index (χ0n) is 15.1. The maximum absolute atomic E-state index is 13.1. The van der Waals surface area contributed by atoms with Gasteiger partial charge < -0.3 is 4.90 Å². The predicted octanol–water partition coefficient (Wildman–Crippen LogP) is 2.86. The highest BCUT2D eigenvalue weighted by Crippen LogP contribution is 2.29. The molecule has 0 bridgehead atoms. The van der Waals surface area contributed by atoms with E-state index < -0.39 is 14.9 Å². The first kappa shape index (κ1) is 19.2. The molecule has 0 aliphatic carbocycles. The average Bonchev–Trinajstić information content (AvgIpc) is 2.64. The van der Waals surface area contributed by atoms with Crippen molar-refractivity contribution in [2.75, 3.05) is 31.1 Å². The van der Waals surface area contributed by atoms with E-state index in [1.807, 2.05) is 4.90 Å². The quantitative estimate of drug-likeness (QED) is 0.589. The second-order valence-corrected chi connectivity index (χ2v) is 8.42. The SMILES string of the molecule is Cc1cc([N+](=O)[O-])cc(S(=O)(=O)N2CCN(c3ccc(F)cc3)CC2)c1C. The van der Waals surface area contributed by atoms with E-state index in [1.54, 1.807) is 26.0 Å². The van der Waals surface area contributed by atoms with Crippen LogP contribution in [0, 0.1) is 29.8 Å². The molecule has 0 radical (unpaired) electrons. The molecule has 2 aromatic rings. The number of piperazine rings is 1. The van der Waals surface area contributed by atoms with Crippen molar-refractivity contribution in [3.63, 3.8) is 0 Å². The molecule has 1 aliphatic heterocycles. The summed E-state index contributed by atoms with van der Waals surface area (Å²) >= 11 is 0. The smallest absolute Gasteiger partial charge is 0.271 e. The molecule has 0 saturated carbocycles. The van der Waals surface area contributed by atoms with Crippen molar-refractivity contribution in [2.45, 2.75) is 18.7 Å². The number of anilines is 1. The van der Waals surface area contributed by atoms with Crippen LogP contribution in [0.1, 0.15) is 11.1 Å². The molecule has 0 atom stereocenters. The first-order chi connectivity index (χ1) is 12.7. The van der Waals surface area contributed by atoms with Gasteiger partial charge in [-0.15, -0.1) is 0 Å². The summed E-state index contributed by atoms with van der Waals surface area (Å²) in [5.74, 6) is -0.323. The number of sulfonamides is 1. The molecule has 7 nitrogen and oxygen atoms in total. The van der Waals surface area contributed by atoms with Gasteiger partial charge >= 0.3 is 0 Å². The largest absolute Gasteiger partial charge is 0.369 e. The number of hydrogen-bond acceptors (Lipinski definition) is 5. The lowest BCUT2D eigenvalue weighted by Gasteiger charge is -2.35. The van der Waals surface area contributed by atoms with Gasteiger partial charge in [0.2, 0.25) is 10.0 Å². The topological polar surface area (TPSA) is 83.8 Å². The van der Waals surface area contributed by atoms with Gasteiger partial charge in [-0.05, 0) is 49.2 Å². The first-order valence-corrected chi connectivity index (χ1v) is 9.90. The molecular formula is C18H20FN3O4S. The Hall–Kier alpha value is -2.52. The van der Waals surface area contributed by atoms with Gasteiger partial charge in [0.25, 0.3) is 5.69 Å². The van der Waals surface area contributed by atoms with Gasteiger partial charge in [-0.1, -0.05) is 0 Å². The Balaban J connectivity index is 1.83. The molecule has 2 aromatic carbocycles. The Morgan fingerprint density at radius 2 is 1.63 bits per heavy atom. The summed E-state index contributed by atoms with van der Waals surface area (Å²) in [5, 5.41) is 11.1. The second-order valence-electron chi connectivity index (χ2n) is 6.51. The number of hydrogen-bond donors (Lipinski definition) is 0. The summed E-state index contributed by atoms with van der Waals surface area (Å²) in [6.45, 7) is 4.73. The number of nitro benzene ring substituents is 1. The first-order valence-electron chi connectivity index (χ1n) is 8.46. The Kier molecular flexibility index (Phi) is 5.16. The van der Waals surface area contributed by atoms with Crippen molar-refractivity contribution in [2.24, 2.45) is 0 Å². The second kappa shape index (κ2) is 7.24. The lowest BCUT2D eigenvalue weighted by molar-refractivity contribution is -0.385. The van der Waals surface area contributed by atoms with Crippen LogP contribution in [-0.2, 0) is 10.0 Å². The highest BCUT2D eigenvalue weighted by Gasteiger charge is 2.31. The van der Waals surface area contributed by atoms with Crippen LogP contribution in [0.3, 0.4) is 0 Å². The van der Waals surface area contributed by atoms with Crippen molar-refractivity contribution in [3.8, 4) is 0 Å². The van der Waals surface area contributed by atoms with Crippen molar-refractivity contribution >= 4 is 21.4 Å². The maximum Gasteiger partial charge on any atom is 0.271 e. The molecule has 0 unspecified atom stereocenters. The number of nitrogens with zero attached hydrogens (tertiary/aromatic N) is 3. The van der Waals surface area contributed by atoms with Gasteiger partial charge in [-0.3, -0.25) is 10.1 Å². The van der Waals surface area contributed by atoms with E-state index in [0.717, 1.165) is 11.8 Å². The molecular weight excluding hydrogens is 373 g/mol. The normalized spacial score (nSPS) is 15.7. The fourth-order valence-corrected chi connectivity index (χ4v) is 4.90.